The fraction of sp³-hybridized carbons (Fsp3) is 0.667. The van der Waals surface area contributed by atoms with Crippen molar-refractivity contribution in [2.24, 2.45) is 5.92 Å². The maximum absolute atomic E-state index is 12.3. The summed E-state index contributed by atoms with van der Waals surface area (Å²) in [5.41, 5.74) is 1.57. The molecule has 0 radical (unpaired) electrons. The van der Waals surface area contributed by atoms with Gasteiger partial charge in [0.05, 0.1) is 11.8 Å². The average Bonchev–Trinajstić information content (AvgIpc) is 2.67. The van der Waals surface area contributed by atoms with Crippen molar-refractivity contribution >= 4 is 5.91 Å². The molecular formula is C12H19N3O. The lowest BCUT2D eigenvalue weighted by molar-refractivity contribution is 0.0573. The van der Waals surface area contributed by atoms with Crippen molar-refractivity contribution in [1.82, 2.24) is 15.1 Å². The highest BCUT2D eigenvalue weighted by Crippen LogP contribution is 2.23. The zero-order valence-corrected chi connectivity index (χ0v) is 10.2. The number of carbonyl (C=O) groups excluding carboxylic acids is 1. The first-order valence-corrected chi connectivity index (χ1v) is 5.90. The van der Waals surface area contributed by atoms with Gasteiger partial charge in [0, 0.05) is 18.3 Å². The fourth-order valence-electron chi connectivity index (χ4n) is 2.29. The number of likely N-dealkylation sites (tertiary alicyclic amines) is 1. The van der Waals surface area contributed by atoms with Crippen molar-refractivity contribution in [3.05, 3.63) is 17.5 Å². The van der Waals surface area contributed by atoms with E-state index < -0.39 is 0 Å². The lowest BCUT2D eigenvalue weighted by atomic mass is 9.94. The van der Waals surface area contributed by atoms with Gasteiger partial charge in [-0.05, 0) is 32.6 Å². The molecule has 2 unspecified atom stereocenters. The fourth-order valence-corrected chi connectivity index (χ4v) is 2.29. The second kappa shape index (κ2) is 4.28. The maximum atomic E-state index is 12.3. The molecule has 0 bridgehead atoms. The number of aromatic nitrogens is 2. The molecule has 0 aliphatic carbocycles. The van der Waals surface area contributed by atoms with Gasteiger partial charge in [-0.3, -0.25) is 9.89 Å². The summed E-state index contributed by atoms with van der Waals surface area (Å²) in [6, 6.07) is 0.345. The first kappa shape index (κ1) is 11.2. The van der Waals surface area contributed by atoms with Crippen LogP contribution in [0.25, 0.3) is 0 Å². The van der Waals surface area contributed by atoms with Gasteiger partial charge in [0.1, 0.15) is 0 Å². The van der Waals surface area contributed by atoms with Crippen molar-refractivity contribution in [2.75, 3.05) is 6.54 Å². The highest BCUT2D eigenvalue weighted by molar-refractivity contribution is 5.95. The average molecular weight is 221 g/mol. The second-order valence-corrected chi connectivity index (χ2v) is 4.90. The van der Waals surface area contributed by atoms with Crippen LogP contribution in [-0.4, -0.2) is 33.6 Å². The summed E-state index contributed by atoms with van der Waals surface area (Å²) in [7, 11) is 0. The van der Waals surface area contributed by atoms with E-state index in [1.807, 2.05) is 11.8 Å². The minimum atomic E-state index is 0.116. The highest BCUT2D eigenvalue weighted by Gasteiger charge is 2.28. The molecule has 2 atom stereocenters. The van der Waals surface area contributed by atoms with Crippen molar-refractivity contribution in [3.63, 3.8) is 0 Å². The molecule has 1 saturated heterocycles. The molecule has 0 aromatic carbocycles. The maximum Gasteiger partial charge on any atom is 0.257 e. The van der Waals surface area contributed by atoms with Gasteiger partial charge in [0.25, 0.3) is 5.91 Å². The monoisotopic (exact) mass is 221 g/mol. The number of carbonyl (C=O) groups is 1. The van der Waals surface area contributed by atoms with Crippen LogP contribution in [0.3, 0.4) is 0 Å². The van der Waals surface area contributed by atoms with Gasteiger partial charge in [-0.1, -0.05) is 6.92 Å². The number of hydrogen-bond acceptors (Lipinski definition) is 2. The van der Waals surface area contributed by atoms with E-state index in [-0.39, 0.29) is 5.91 Å². The third-order valence-corrected chi connectivity index (χ3v) is 3.44. The molecule has 1 aliphatic rings. The van der Waals surface area contributed by atoms with Gasteiger partial charge in [-0.15, -0.1) is 0 Å². The van der Waals surface area contributed by atoms with Crippen LogP contribution >= 0.6 is 0 Å². The van der Waals surface area contributed by atoms with E-state index in [0.29, 0.717) is 17.5 Å². The number of piperidine rings is 1. The summed E-state index contributed by atoms with van der Waals surface area (Å²) in [5.74, 6) is 0.720. The lowest BCUT2D eigenvalue weighted by Gasteiger charge is -2.36. The Balaban J connectivity index is 2.18. The number of nitrogens with one attached hydrogen (secondary N) is 1. The Morgan fingerprint density at radius 3 is 2.88 bits per heavy atom. The van der Waals surface area contributed by atoms with Crippen LogP contribution in [0, 0.1) is 12.8 Å². The van der Waals surface area contributed by atoms with Crippen LogP contribution in [0.4, 0.5) is 0 Å². The summed E-state index contributed by atoms with van der Waals surface area (Å²) in [6.07, 6.45) is 3.95. The molecule has 1 aromatic heterocycles. The van der Waals surface area contributed by atoms with Crippen LogP contribution in [0.2, 0.25) is 0 Å². The molecule has 1 aromatic rings. The predicted molar refractivity (Wildman–Crippen MR) is 62.2 cm³/mol. The number of nitrogens with zero attached hydrogens (tertiary/aromatic N) is 2. The zero-order valence-electron chi connectivity index (χ0n) is 10.2. The van der Waals surface area contributed by atoms with Crippen molar-refractivity contribution in [1.29, 1.82) is 0 Å². The Labute approximate surface area is 96.0 Å². The van der Waals surface area contributed by atoms with E-state index in [4.69, 9.17) is 0 Å². The Hall–Kier alpha value is -1.32. The molecule has 2 rings (SSSR count). The Kier molecular flexibility index (Phi) is 2.99. The van der Waals surface area contributed by atoms with E-state index in [1.54, 1.807) is 6.20 Å². The molecule has 2 heterocycles. The van der Waals surface area contributed by atoms with E-state index in [1.165, 1.54) is 6.42 Å². The zero-order chi connectivity index (χ0) is 11.7. The summed E-state index contributed by atoms with van der Waals surface area (Å²) in [5, 5.41) is 6.73. The lowest BCUT2D eigenvalue weighted by Crippen LogP contribution is -2.45. The Morgan fingerprint density at radius 1 is 1.50 bits per heavy atom. The van der Waals surface area contributed by atoms with Crippen LogP contribution in [0.15, 0.2) is 6.20 Å². The Morgan fingerprint density at radius 2 is 2.25 bits per heavy atom. The summed E-state index contributed by atoms with van der Waals surface area (Å²) < 4.78 is 0. The van der Waals surface area contributed by atoms with E-state index in [0.717, 1.165) is 18.7 Å². The first-order valence-electron chi connectivity index (χ1n) is 5.90. The van der Waals surface area contributed by atoms with E-state index in [2.05, 4.69) is 24.0 Å². The molecule has 0 spiro atoms. The van der Waals surface area contributed by atoms with E-state index >= 15 is 0 Å². The van der Waals surface area contributed by atoms with Gasteiger partial charge in [-0.25, -0.2) is 0 Å². The topological polar surface area (TPSA) is 49.0 Å². The third-order valence-electron chi connectivity index (χ3n) is 3.44. The molecule has 0 saturated carbocycles. The van der Waals surface area contributed by atoms with Gasteiger partial charge < -0.3 is 4.90 Å². The molecule has 1 fully saturated rings. The van der Waals surface area contributed by atoms with Crippen LogP contribution in [-0.2, 0) is 0 Å². The van der Waals surface area contributed by atoms with Crippen molar-refractivity contribution in [2.45, 2.75) is 39.7 Å². The molecule has 1 N–H and O–H groups in total. The minimum Gasteiger partial charge on any atom is -0.336 e. The number of rotatable bonds is 1. The smallest absolute Gasteiger partial charge is 0.257 e. The van der Waals surface area contributed by atoms with Crippen molar-refractivity contribution < 1.29 is 4.79 Å². The number of aromatic amines is 1. The molecule has 4 nitrogen and oxygen atoms in total. The summed E-state index contributed by atoms with van der Waals surface area (Å²) >= 11 is 0. The van der Waals surface area contributed by atoms with Crippen molar-refractivity contribution in [3.8, 4) is 0 Å². The van der Waals surface area contributed by atoms with Gasteiger partial charge in [0.15, 0.2) is 0 Å². The minimum absolute atomic E-state index is 0.116. The largest absolute Gasteiger partial charge is 0.336 e. The number of H-pyrrole nitrogens is 1. The second-order valence-electron chi connectivity index (χ2n) is 4.90. The molecule has 16 heavy (non-hydrogen) atoms. The number of hydrogen-bond donors (Lipinski definition) is 1. The van der Waals surface area contributed by atoms with Gasteiger partial charge >= 0.3 is 0 Å². The normalized spacial score (nSPS) is 25.8. The molecule has 1 aliphatic heterocycles. The van der Waals surface area contributed by atoms with E-state index in [9.17, 15) is 4.79 Å². The molecule has 4 heteroatoms. The number of aryl methyl sites for hydroxylation is 1. The third kappa shape index (κ3) is 1.96. The van der Waals surface area contributed by atoms with Crippen LogP contribution in [0.5, 0.6) is 0 Å². The number of amides is 1. The quantitative estimate of drug-likeness (QED) is 0.788. The molecular weight excluding hydrogens is 202 g/mol. The first-order chi connectivity index (χ1) is 7.59. The van der Waals surface area contributed by atoms with Gasteiger partial charge in [0.2, 0.25) is 0 Å². The van der Waals surface area contributed by atoms with Crippen LogP contribution in [0.1, 0.15) is 42.7 Å². The molecule has 1 amide bonds. The standard InChI is InChI=1S/C12H19N3O/c1-8-4-5-9(2)15(7-8)12(16)11-6-13-14-10(11)3/h6,8-9H,4-5,7H2,1-3H3,(H,13,14). The summed E-state index contributed by atoms with van der Waals surface area (Å²) in [6.45, 7) is 7.08. The highest BCUT2D eigenvalue weighted by atomic mass is 16.2. The predicted octanol–water partition coefficient (Wildman–Crippen LogP) is 1.98. The molecule has 88 valence electrons. The SMILES string of the molecule is Cc1[nH]ncc1C(=O)N1CC(C)CCC1C. The summed E-state index contributed by atoms with van der Waals surface area (Å²) in [4.78, 5) is 14.3. The van der Waals surface area contributed by atoms with Gasteiger partial charge in [-0.2, -0.15) is 5.10 Å². The van der Waals surface area contributed by atoms with Crippen LogP contribution < -0.4 is 0 Å². The Bertz CT molecular complexity index is 385.